The molecule has 8 heteroatoms. The quantitative estimate of drug-likeness (QED) is 0.283. The molecule has 2 aliphatic carbocycles. The summed E-state index contributed by atoms with van der Waals surface area (Å²) in [5, 5.41) is 0. The van der Waals surface area contributed by atoms with Crippen molar-refractivity contribution in [3.63, 3.8) is 0 Å². The van der Waals surface area contributed by atoms with Gasteiger partial charge in [0.25, 0.3) is 0 Å². The van der Waals surface area contributed by atoms with Crippen LogP contribution in [0.3, 0.4) is 0 Å². The van der Waals surface area contributed by atoms with Crippen LogP contribution in [0.25, 0.3) is 5.57 Å². The second-order valence-corrected chi connectivity index (χ2v) is 10.8. The molecule has 2 aromatic rings. The zero-order chi connectivity index (χ0) is 27.8. The third-order valence-electron chi connectivity index (χ3n) is 8.18. The Morgan fingerprint density at radius 1 is 1.05 bits per heavy atom. The van der Waals surface area contributed by atoms with Crippen molar-refractivity contribution in [3.8, 4) is 5.75 Å². The fraction of sp³-hybridized carbons (Fsp3) is 0.516. The Balaban J connectivity index is 0.00000172. The van der Waals surface area contributed by atoms with Crippen LogP contribution in [0.1, 0.15) is 73.6 Å². The van der Waals surface area contributed by atoms with Gasteiger partial charge >= 0.3 is 23.2 Å². The van der Waals surface area contributed by atoms with Crippen molar-refractivity contribution in [2.75, 3.05) is 26.3 Å². The van der Waals surface area contributed by atoms with Crippen LogP contribution in [0.4, 0.5) is 13.2 Å². The zero-order valence-corrected chi connectivity index (χ0v) is 25.0. The number of benzene rings is 2. The van der Waals surface area contributed by atoms with Gasteiger partial charge < -0.3 is 9.53 Å². The average molecular weight is 710 g/mol. The molecule has 1 heterocycles. The minimum atomic E-state index is -2.57. The summed E-state index contributed by atoms with van der Waals surface area (Å²) >= 11 is 0.333. The maximum absolute atomic E-state index is 14.0. The van der Waals surface area contributed by atoms with Gasteiger partial charge in [0.15, 0.2) is 0 Å². The molecule has 3 aliphatic rings. The first kappa shape index (κ1) is 29.9. The van der Waals surface area contributed by atoms with E-state index in [0.29, 0.717) is 44.6 Å². The molecule has 4 nitrogen and oxygen atoms in total. The van der Waals surface area contributed by atoms with Crippen LogP contribution in [-0.2, 0) is 34.4 Å². The fourth-order valence-electron chi connectivity index (χ4n) is 6.31. The molecule has 0 aromatic heterocycles. The van der Waals surface area contributed by atoms with E-state index in [9.17, 15) is 18.0 Å². The second kappa shape index (κ2) is 14.0. The van der Waals surface area contributed by atoms with Gasteiger partial charge in [0, 0.05) is 32.5 Å². The Bertz CT molecular complexity index is 1160. The monoisotopic (exact) mass is 710 g/mol. The van der Waals surface area contributed by atoms with Crippen molar-refractivity contribution in [3.05, 3.63) is 70.3 Å². The molecule has 1 saturated carbocycles. The molecule has 0 bridgehead atoms. The van der Waals surface area contributed by atoms with E-state index >= 15 is 0 Å². The van der Waals surface area contributed by atoms with Gasteiger partial charge in [-0.05, 0) is 79.7 Å². The number of fused-ring (bicyclic) bond motifs is 1. The van der Waals surface area contributed by atoms with E-state index in [1.807, 2.05) is 30.6 Å². The molecular formula is C31H35F3NO3W-. The molecule has 0 amide bonds. The molecule has 0 N–H and O–H groups in total. The number of allylic oxidation sites excluding steroid dienone is 1. The molecule has 0 spiro atoms. The molecule has 0 unspecified atom stereocenters. The van der Waals surface area contributed by atoms with E-state index in [0.717, 1.165) is 73.3 Å². The first-order chi connectivity index (χ1) is 19.0. The molecular weight excluding hydrogens is 675 g/mol. The molecule has 2 fully saturated rings. The topological polar surface area (TPSA) is 46.6 Å². The third kappa shape index (κ3) is 7.55. The van der Waals surface area contributed by atoms with Crippen molar-refractivity contribution in [2.45, 2.75) is 69.8 Å². The number of nitrogens with zero attached hydrogens (tertiary/aromatic N) is 1. The summed E-state index contributed by atoms with van der Waals surface area (Å²) in [6.07, 6.45) is 7.02. The molecule has 210 valence electrons. The Kier molecular flexibility index (Phi) is 10.7. The molecule has 1 saturated heterocycles. The Labute approximate surface area is 240 Å². The Morgan fingerprint density at radius 2 is 1.85 bits per heavy atom. The van der Waals surface area contributed by atoms with Gasteiger partial charge in [-0.3, -0.25) is 9.29 Å². The van der Waals surface area contributed by atoms with Crippen molar-refractivity contribution in [2.24, 2.45) is 5.92 Å². The minimum absolute atomic E-state index is 0.0654. The number of aryl methyl sites for hydroxylation is 1. The second-order valence-electron chi connectivity index (χ2n) is 10.8. The van der Waals surface area contributed by atoms with E-state index in [1.165, 1.54) is 5.57 Å². The molecule has 1 atom stereocenters. The van der Waals surface area contributed by atoms with Gasteiger partial charge in [0.2, 0.25) is 5.92 Å². The number of likely N-dealkylation sites (tertiary alicyclic amines) is 1. The van der Waals surface area contributed by atoms with Crippen molar-refractivity contribution < 1.29 is 45.9 Å². The maximum atomic E-state index is 14.0. The SMILES string of the molecule is O=[C-]c1ccc2c(c1)CCCC(C1CCC(F)(F)CC1)=C2c1cccc(O[C@@H]2CCN(CCCF)C2)c1.[O]=[W]. The summed E-state index contributed by atoms with van der Waals surface area (Å²) in [5.74, 6) is -1.65. The summed E-state index contributed by atoms with van der Waals surface area (Å²) in [5.41, 5.74) is 6.13. The number of carbonyl (C=O) groups excluding carboxylic acids is 1. The molecule has 2 aromatic carbocycles. The number of rotatable bonds is 8. The molecule has 5 rings (SSSR count). The first-order valence-electron chi connectivity index (χ1n) is 13.8. The normalized spacial score (nSPS) is 21.5. The Hall–Kier alpha value is -2.11. The number of ether oxygens (including phenoxy) is 1. The van der Waals surface area contributed by atoms with E-state index in [1.54, 1.807) is 6.07 Å². The average Bonchev–Trinajstić information content (AvgIpc) is 3.31. The van der Waals surface area contributed by atoms with Crippen LogP contribution in [0.15, 0.2) is 48.0 Å². The zero-order valence-electron chi connectivity index (χ0n) is 22.1. The van der Waals surface area contributed by atoms with E-state index < -0.39 is 5.92 Å². The summed E-state index contributed by atoms with van der Waals surface area (Å²) < 4.78 is 55.3. The number of hydrogen-bond acceptors (Lipinski definition) is 4. The Morgan fingerprint density at radius 3 is 2.59 bits per heavy atom. The number of hydrogen-bond donors (Lipinski definition) is 0. The van der Waals surface area contributed by atoms with Gasteiger partial charge in [-0.15, -0.1) is 6.07 Å². The fourth-order valence-corrected chi connectivity index (χ4v) is 6.31. The van der Waals surface area contributed by atoms with Crippen LogP contribution in [-0.4, -0.2) is 49.5 Å². The van der Waals surface area contributed by atoms with Gasteiger partial charge in [-0.1, -0.05) is 23.3 Å². The molecule has 39 heavy (non-hydrogen) atoms. The molecule has 0 radical (unpaired) electrons. The van der Waals surface area contributed by atoms with Crippen molar-refractivity contribution >= 4 is 11.9 Å². The van der Waals surface area contributed by atoms with Gasteiger partial charge in [0.05, 0.1) is 13.0 Å². The van der Waals surface area contributed by atoms with Crippen LogP contribution >= 0.6 is 0 Å². The van der Waals surface area contributed by atoms with Crippen LogP contribution in [0.2, 0.25) is 0 Å². The third-order valence-corrected chi connectivity index (χ3v) is 8.18. The summed E-state index contributed by atoms with van der Waals surface area (Å²) in [6.45, 7) is 2.16. The van der Waals surface area contributed by atoms with Gasteiger partial charge in [-0.25, -0.2) is 8.78 Å². The summed E-state index contributed by atoms with van der Waals surface area (Å²) in [7, 11) is 0. The van der Waals surface area contributed by atoms with Gasteiger partial charge in [0.1, 0.15) is 11.9 Å². The van der Waals surface area contributed by atoms with E-state index in [2.05, 4.69) is 17.0 Å². The van der Waals surface area contributed by atoms with Crippen LogP contribution in [0.5, 0.6) is 5.75 Å². The van der Waals surface area contributed by atoms with Crippen LogP contribution < -0.4 is 4.74 Å². The predicted octanol–water partition coefficient (Wildman–Crippen LogP) is 6.80. The first-order valence-corrected chi connectivity index (χ1v) is 15.0. The van der Waals surface area contributed by atoms with E-state index in [4.69, 9.17) is 8.13 Å². The summed E-state index contributed by atoms with van der Waals surface area (Å²) in [4.78, 5) is 13.6. The van der Waals surface area contributed by atoms with Crippen molar-refractivity contribution in [1.82, 2.24) is 4.90 Å². The van der Waals surface area contributed by atoms with Crippen LogP contribution in [0, 0.1) is 5.92 Å². The number of halogens is 3. The standard InChI is InChI=1S/C31H35F3NO2.O.W/c32-15-3-16-35-17-12-27(20-35)37-26-6-1-5-25(19-26)30-28(23-10-13-31(33,34)14-11-23)7-2-4-24-18-22(21-36)8-9-29(24)30;;/h1,5-6,8-9,18-19,23,27H,2-4,7,10-17,20H2;;/q-1;;/t27-;;/m1../s1. The van der Waals surface area contributed by atoms with E-state index in [-0.39, 0.29) is 31.5 Å². The van der Waals surface area contributed by atoms with Crippen molar-refractivity contribution in [1.29, 1.82) is 0 Å². The predicted molar refractivity (Wildman–Crippen MR) is 140 cm³/mol. The molecule has 1 aliphatic heterocycles. The van der Waals surface area contributed by atoms with Gasteiger partial charge in [-0.2, -0.15) is 17.7 Å². The summed E-state index contributed by atoms with van der Waals surface area (Å²) in [6, 6.07) is 13.8. The number of alkyl halides is 3.